The maximum Gasteiger partial charge on any atom is 0.411 e. The Morgan fingerprint density at radius 1 is 1.35 bits per heavy atom. The van der Waals surface area contributed by atoms with Gasteiger partial charge in [0.2, 0.25) is 10.0 Å². The number of benzene rings is 1. The van der Waals surface area contributed by atoms with E-state index in [1.807, 2.05) is 0 Å². The van der Waals surface area contributed by atoms with Gasteiger partial charge in [-0.15, -0.1) is 0 Å². The molecule has 0 heterocycles. The van der Waals surface area contributed by atoms with Crippen molar-refractivity contribution >= 4 is 39.1 Å². The Kier molecular flexibility index (Phi) is 5.58. The van der Waals surface area contributed by atoms with Crippen molar-refractivity contribution in [3.63, 3.8) is 0 Å². The van der Waals surface area contributed by atoms with Crippen molar-refractivity contribution < 1.29 is 22.3 Å². The first-order valence-corrected chi connectivity index (χ1v) is 7.75. The van der Waals surface area contributed by atoms with Gasteiger partial charge in [-0.2, -0.15) is 0 Å². The van der Waals surface area contributed by atoms with Crippen LogP contribution in [0.4, 0.5) is 20.6 Å². The highest BCUT2D eigenvalue weighted by Crippen LogP contribution is 2.29. The van der Waals surface area contributed by atoms with Crippen molar-refractivity contribution in [1.29, 1.82) is 0 Å². The zero-order valence-corrected chi connectivity index (χ0v) is 12.4. The van der Waals surface area contributed by atoms with Crippen LogP contribution in [0.25, 0.3) is 0 Å². The highest BCUT2D eigenvalue weighted by Gasteiger charge is 2.15. The van der Waals surface area contributed by atoms with E-state index in [9.17, 15) is 17.6 Å². The Morgan fingerprint density at radius 2 is 2.00 bits per heavy atom. The van der Waals surface area contributed by atoms with E-state index in [2.05, 4.69) is 14.8 Å². The molecule has 0 aliphatic rings. The summed E-state index contributed by atoms with van der Waals surface area (Å²) in [4.78, 5) is 11.2. The van der Waals surface area contributed by atoms with Crippen LogP contribution in [0, 0.1) is 5.82 Å². The minimum Gasteiger partial charge on any atom is -0.450 e. The van der Waals surface area contributed by atoms with E-state index in [-0.39, 0.29) is 28.8 Å². The third-order valence-electron chi connectivity index (χ3n) is 2.21. The van der Waals surface area contributed by atoms with E-state index >= 15 is 0 Å². The summed E-state index contributed by atoms with van der Waals surface area (Å²) in [5, 5.41) is 2.04. The number of carbonyl (C=O) groups is 1. The molecule has 6 nitrogen and oxygen atoms in total. The lowest BCUT2D eigenvalue weighted by Gasteiger charge is -2.12. The molecule has 0 atom stereocenters. The number of rotatable bonds is 5. The minimum absolute atomic E-state index is 0.0262. The molecule has 1 aromatic rings. The van der Waals surface area contributed by atoms with Crippen molar-refractivity contribution in [2.75, 3.05) is 22.4 Å². The van der Waals surface area contributed by atoms with E-state index in [4.69, 9.17) is 11.6 Å². The van der Waals surface area contributed by atoms with Crippen LogP contribution in [0.1, 0.15) is 13.8 Å². The van der Waals surface area contributed by atoms with E-state index < -0.39 is 21.9 Å². The van der Waals surface area contributed by atoms with E-state index in [0.29, 0.717) is 0 Å². The van der Waals surface area contributed by atoms with Gasteiger partial charge < -0.3 is 4.74 Å². The van der Waals surface area contributed by atoms with Crippen molar-refractivity contribution in [3.8, 4) is 0 Å². The molecule has 0 aliphatic carbocycles. The van der Waals surface area contributed by atoms with Crippen LogP contribution in [0.15, 0.2) is 12.1 Å². The number of ether oxygens (including phenoxy) is 1. The summed E-state index contributed by atoms with van der Waals surface area (Å²) >= 11 is 5.75. The van der Waals surface area contributed by atoms with Crippen molar-refractivity contribution in [1.82, 2.24) is 0 Å². The van der Waals surface area contributed by atoms with E-state index in [1.54, 1.807) is 6.92 Å². The van der Waals surface area contributed by atoms with Gasteiger partial charge in [-0.25, -0.2) is 17.6 Å². The molecule has 0 saturated carbocycles. The highest BCUT2D eigenvalue weighted by molar-refractivity contribution is 7.92. The van der Waals surface area contributed by atoms with Crippen LogP contribution in [-0.4, -0.2) is 26.9 Å². The first-order valence-electron chi connectivity index (χ1n) is 5.72. The number of anilines is 2. The number of hydrogen-bond acceptors (Lipinski definition) is 4. The SMILES string of the molecule is CCOC(=O)Nc1cc(NS(=O)(=O)CC)c(Cl)cc1F. The van der Waals surface area contributed by atoms with Crippen LogP contribution < -0.4 is 10.0 Å². The summed E-state index contributed by atoms with van der Waals surface area (Å²) in [5.74, 6) is -0.969. The van der Waals surface area contributed by atoms with E-state index in [1.165, 1.54) is 6.92 Å². The molecule has 0 aliphatic heterocycles. The summed E-state index contributed by atoms with van der Waals surface area (Å²) in [6, 6.07) is 1.98. The number of carbonyl (C=O) groups excluding carboxylic acids is 1. The molecule has 1 amide bonds. The predicted molar refractivity (Wildman–Crippen MR) is 75.1 cm³/mol. The number of amides is 1. The Morgan fingerprint density at radius 3 is 2.55 bits per heavy atom. The number of sulfonamides is 1. The smallest absolute Gasteiger partial charge is 0.411 e. The first-order chi connectivity index (χ1) is 9.29. The lowest BCUT2D eigenvalue weighted by atomic mass is 10.2. The van der Waals surface area contributed by atoms with Gasteiger partial charge in [0.05, 0.1) is 28.8 Å². The van der Waals surface area contributed by atoms with Gasteiger partial charge >= 0.3 is 6.09 Å². The average Bonchev–Trinajstić information content (AvgIpc) is 2.35. The third-order valence-corrected chi connectivity index (χ3v) is 3.82. The van der Waals surface area contributed by atoms with Gasteiger partial charge in [0.1, 0.15) is 5.82 Å². The lowest BCUT2D eigenvalue weighted by Crippen LogP contribution is -2.17. The van der Waals surface area contributed by atoms with Crippen molar-refractivity contribution in [3.05, 3.63) is 23.0 Å². The van der Waals surface area contributed by atoms with Crippen LogP contribution in [-0.2, 0) is 14.8 Å². The van der Waals surface area contributed by atoms with Gasteiger partial charge in [0.15, 0.2) is 0 Å². The van der Waals surface area contributed by atoms with Gasteiger partial charge in [0.25, 0.3) is 0 Å². The van der Waals surface area contributed by atoms with Crippen molar-refractivity contribution in [2.45, 2.75) is 13.8 Å². The summed E-state index contributed by atoms with van der Waals surface area (Å²) in [5.41, 5.74) is -0.261. The molecule has 9 heteroatoms. The van der Waals surface area contributed by atoms with Gasteiger partial charge in [-0.3, -0.25) is 10.0 Å². The molecule has 2 N–H and O–H groups in total. The molecular formula is C11H14ClFN2O4S. The normalized spacial score (nSPS) is 11.0. The van der Waals surface area contributed by atoms with Crippen LogP contribution >= 0.6 is 11.6 Å². The molecule has 20 heavy (non-hydrogen) atoms. The maximum atomic E-state index is 13.6. The summed E-state index contributed by atoms with van der Waals surface area (Å²) in [6.07, 6.45) is -0.849. The Balaban J connectivity index is 3.06. The zero-order chi connectivity index (χ0) is 15.3. The maximum absolute atomic E-state index is 13.6. The Labute approximate surface area is 121 Å². The number of hydrogen-bond donors (Lipinski definition) is 2. The molecule has 0 radical (unpaired) electrons. The topological polar surface area (TPSA) is 84.5 Å². The number of nitrogens with one attached hydrogen (secondary N) is 2. The first kappa shape index (κ1) is 16.5. The Hall–Kier alpha value is -1.54. The fourth-order valence-electron chi connectivity index (χ4n) is 1.24. The highest BCUT2D eigenvalue weighted by atomic mass is 35.5. The number of halogens is 2. The fourth-order valence-corrected chi connectivity index (χ4v) is 2.14. The van der Waals surface area contributed by atoms with Crippen LogP contribution in [0.3, 0.4) is 0 Å². The summed E-state index contributed by atoms with van der Waals surface area (Å²) < 4.78 is 43.3. The minimum atomic E-state index is -3.56. The lowest BCUT2D eigenvalue weighted by molar-refractivity contribution is 0.168. The second-order valence-corrected chi connectivity index (χ2v) is 6.08. The Bertz CT molecular complexity index is 607. The molecule has 0 unspecified atom stereocenters. The average molecular weight is 325 g/mol. The molecule has 1 rings (SSSR count). The second-order valence-electron chi connectivity index (χ2n) is 3.66. The molecule has 0 saturated heterocycles. The largest absolute Gasteiger partial charge is 0.450 e. The predicted octanol–water partition coefficient (Wildman–Crippen LogP) is 2.81. The van der Waals surface area contributed by atoms with Crippen molar-refractivity contribution in [2.24, 2.45) is 0 Å². The second kappa shape index (κ2) is 6.76. The zero-order valence-electron chi connectivity index (χ0n) is 10.9. The van der Waals surface area contributed by atoms with Gasteiger partial charge in [0, 0.05) is 0 Å². The summed E-state index contributed by atoms with van der Waals surface area (Å²) in [6.45, 7) is 3.16. The molecule has 1 aromatic carbocycles. The third kappa shape index (κ3) is 4.53. The van der Waals surface area contributed by atoms with Crippen LogP contribution in [0.5, 0.6) is 0 Å². The molecule has 0 aromatic heterocycles. The fraction of sp³-hybridized carbons (Fsp3) is 0.364. The monoisotopic (exact) mass is 324 g/mol. The molecular weight excluding hydrogens is 311 g/mol. The standard InChI is InChI=1S/C11H14ClFN2O4S/c1-3-19-11(16)14-10-6-9(7(12)5-8(10)13)15-20(17,18)4-2/h5-6,15H,3-4H2,1-2H3,(H,14,16). The van der Waals surface area contributed by atoms with Gasteiger partial charge in [-0.05, 0) is 26.0 Å². The molecule has 0 bridgehead atoms. The summed E-state index contributed by atoms with van der Waals surface area (Å²) in [7, 11) is -3.56. The molecule has 0 fully saturated rings. The van der Waals surface area contributed by atoms with Gasteiger partial charge in [-0.1, -0.05) is 11.6 Å². The quantitative estimate of drug-likeness (QED) is 0.872. The molecule has 0 spiro atoms. The molecule has 112 valence electrons. The van der Waals surface area contributed by atoms with E-state index in [0.717, 1.165) is 12.1 Å². The van der Waals surface area contributed by atoms with Crippen LogP contribution in [0.2, 0.25) is 5.02 Å².